The first kappa shape index (κ1) is 17.0. The van der Waals surface area contributed by atoms with Crippen LogP contribution in [0, 0.1) is 0 Å². The fraction of sp³-hybridized carbons (Fsp3) is 0.562. The first-order valence-electron chi connectivity index (χ1n) is 8.04. The summed E-state index contributed by atoms with van der Waals surface area (Å²) >= 11 is 0. The number of nitrogens with zero attached hydrogens (tertiary/aromatic N) is 2. The Hall–Kier alpha value is -1.80. The Kier molecular flexibility index (Phi) is 4.69. The minimum Gasteiger partial charge on any atom is -0.454 e. The summed E-state index contributed by atoms with van der Waals surface area (Å²) < 4.78 is 35.7. The predicted octanol–water partition coefficient (Wildman–Crippen LogP) is 1.19. The Morgan fingerprint density at radius 1 is 1.33 bits per heavy atom. The van der Waals surface area contributed by atoms with Crippen molar-refractivity contribution in [2.75, 3.05) is 26.1 Å². The van der Waals surface area contributed by atoms with Crippen molar-refractivity contribution < 1.29 is 22.7 Å². The van der Waals surface area contributed by atoms with E-state index >= 15 is 0 Å². The number of fused-ring (bicyclic) bond motifs is 1. The predicted molar refractivity (Wildman–Crippen MR) is 88.2 cm³/mol. The van der Waals surface area contributed by atoms with E-state index in [9.17, 15) is 13.2 Å². The molecule has 1 aromatic rings. The number of benzene rings is 1. The first-order chi connectivity index (χ1) is 11.4. The summed E-state index contributed by atoms with van der Waals surface area (Å²) in [4.78, 5) is 14.5. The third-order valence-electron chi connectivity index (χ3n) is 4.42. The van der Waals surface area contributed by atoms with Gasteiger partial charge in [0.15, 0.2) is 11.5 Å². The molecule has 0 spiro atoms. The van der Waals surface area contributed by atoms with Crippen molar-refractivity contribution in [3.05, 3.63) is 23.8 Å². The van der Waals surface area contributed by atoms with Crippen LogP contribution in [0.3, 0.4) is 0 Å². The monoisotopic (exact) mass is 354 g/mol. The minimum atomic E-state index is -3.37. The number of ether oxygens (including phenoxy) is 2. The summed E-state index contributed by atoms with van der Waals surface area (Å²) in [6.07, 6.45) is 2.45. The van der Waals surface area contributed by atoms with Gasteiger partial charge in [0.25, 0.3) is 0 Å². The fourth-order valence-corrected chi connectivity index (χ4v) is 4.32. The zero-order valence-corrected chi connectivity index (χ0v) is 14.7. The summed E-state index contributed by atoms with van der Waals surface area (Å²) in [6.45, 7) is 3.45. The topological polar surface area (TPSA) is 76.2 Å². The van der Waals surface area contributed by atoms with Gasteiger partial charge in [0, 0.05) is 19.6 Å². The maximum absolute atomic E-state index is 12.8. The molecular formula is C16H22N2O5S. The Morgan fingerprint density at radius 2 is 2.08 bits per heavy atom. The van der Waals surface area contributed by atoms with Gasteiger partial charge >= 0.3 is 0 Å². The summed E-state index contributed by atoms with van der Waals surface area (Å²) in [7, 11) is -3.37. The van der Waals surface area contributed by atoms with Crippen LogP contribution in [0.4, 0.5) is 0 Å². The number of hydrogen-bond acceptors (Lipinski definition) is 5. The second-order valence-electron chi connectivity index (χ2n) is 6.07. The van der Waals surface area contributed by atoms with E-state index in [0.717, 1.165) is 11.8 Å². The average Bonchev–Trinajstić information content (AvgIpc) is 3.19. The van der Waals surface area contributed by atoms with Gasteiger partial charge in [-0.2, -0.15) is 4.31 Å². The van der Waals surface area contributed by atoms with E-state index in [1.807, 2.05) is 25.1 Å². The molecule has 0 unspecified atom stereocenters. The van der Waals surface area contributed by atoms with Gasteiger partial charge in [-0.3, -0.25) is 4.79 Å². The molecule has 132 valence electrons. The molecule has 2 heterocycles. The quantitative estimate of drug-likeness (QED) is 0.794. The molecule has 0 radical (unpaired) electrons. The number of carbonyl (C=O) groups is 1. The SMILES string of the molecule is CCN(Cc1ccc2c(c1)OCO2)C(=O)[C@H]1CCCN1S(C)(=O)=O. The van der Waals surface area contributed by atoms with Crippen LogP contribution in [0.1, 0.15) is 25.3 Å². The van der Waals surface area contributed by atoms with Crippen LogP contribution in [0.5, 0.6) is 11.5 Å². The Morgan fingerprint density at radius 3 is 2.79 bits per heavy atom. The van der Waals surface area contributed by atoms with Gasteiger partial charge < -0.3 is 14.4 Å². The zero-order chi connectivity index (χ0) is 17.3. The van der Waals surface area contributed by atoms with Crippen LogP contribution in [0.25, 0.3) is 0 Å². The lowest BCUT2D eigenvalue weighted by atomic mass is 10.1. The molecule has 1 atom stereocenters. The van der Waals surface area contributed by atoms with Gasteiger partial charge in [0.05, 0.1) is 6.26 Å². The second kappa shape index (κ2) is 6.60. The molecule has 1 saturated heterocycles. The van der Waals surface area contributed by atoms with Crippen LogP contribution in [0.15, 0.2) is 18.2 Å². The van der Waals surface area contributed by atoms with Gasteiger partial charge in [0.2, 0.25) is 22.7 Å². The van der Waals surface area contributed by atoms with E-state index < -0.39 is 16.1 Å². The van der Waals surface area contributed by atoms with Crippen LogP contribution in [-0.4, -0.2) is 55.7 Å². The number of rotatable bonds is 5. The molecule has 2 aliphatic heterocycles. The van der Waals surface area contributed by atoms with Crippen molar-refractivity contribution in [1.82, 2.24) is 9.21 Å². The molecule has 1 amide bonds. The molecule has 0 aromatic heterocycles. The molecule has 0 bridgehead atoms. The van der Waals surface area contributed by atoms with Crippen molar-refractivity contribution in [3.63, 3.8) is 0 Å². The van der Waals surface area contributed by atoms with Crippen molar-refractivity contribution in [2.45, 2.75) is 32.4 Å². The summed E-state index contributed by atoms with van der Waals surface area (Å²) in [5.41, 5.74) is 0.929. The maximum atomic E-state index is 12.8. The van der Waals surface area contributed by atoms with Crippen LogP contribution in [0.2, 0.25) is 0 Å². The highest BCUT2D eigenvalue weighted by Crippen LogP contribution is 2.33. The van der Waals surface area contributed by atoms with Gasteiger partial charge in [-0.15, -0.1) is 0 Å². The smallest absolute Gasteiger partial charge is 0.241 e. The van der Waals surface area contributed by atoms with Crippen LogP contribution in [-0.2, 0) is 21.4 Å². The van der Waals surface area contributed by atoms with Crippen LogP contribution < -0.4 is 9.47 Å². The van der Waals surface area contributed by atoms with E-state index in [1.54, 1.807) is 4.90 Å². The van der Waals surface area contributed by atoms with Gasteiger partial charge in [0.1, 0.15) is 6.04 Å². The zero-order valence-electron chi connectivity index (χ0n) is 13.9. The van der Waals surface area contributed by atoms with Gasteiger partial charge in [-0.25, -0.2) is 8.42 Å². The molecular weight excluding hydrogens is 332 g/mol. The highest BCUT2D eigenvalue weighted by Gasteiger charge is 2.38. The number of amides is 1. The standard InChI is InChI=1S/C16H22N2O5S/c1-3-17(10-12-6-7-14-15(9-12)23-11-22-14)16(19)13-5-4-8-18(13)24(2,20)21/h6-7,9,13H,3-5,8,10-11H2,1-2H3/t13-/m1/s1. The van der Waals surface area contributed by atoms with Crippen molar-refractivity contribution >= 4 is 15.9 Å². The minimum absolute atomic E-state index is 0.141. The highest BCUT2D eigenvalue weighted by molar-refractivity contribution is 7.88. The third kappa shape index (κ3) is 3.34. The largest absolute Gasteiger partial charge is 0.454 e. The lowest BCUT2D eigenvalue weighted by Crippen LogP contribution is -2.47. The molecule has 8 heteroatoms. The summed E-state index contributed by atoms with van der Waals surface area (Å²) in [6, 6.07) is 5.00. The van der Waals surface area contributed by atoms with E-state index in [2.05, 4.69) is 0 Å². The molecule has 0 N–H and O–H groups in total. The molecule has 0 saturated carbocycles. The normalized spacial score (nSPS) is 20.3. The van der Waals surface area contributed by atoms with E-state index in [4.69, 9.17) is 9.47 Å². The van der Waals surface area contributed by atoms with Gasteiger partial charge in [-0.1, -0.05) is 6.07 Å². The highest BCUT2D eigenvalue weighted by atomic mass is 32.2. The molecule has 24 heavy (non-hydrogen) atoms. The van der Waals surface area contributed by atoms with E-state index in [-0.39, 0.29) is 12.7 Å². The van der Waals surface area contributed by atoms with E-state index in [0.29, 0.717) is 44.0 Å². The molecule has 7 nitrogen and oxygen atoms in total. The van der Waals surface area contributed by atoms with Crippen molar-refractivity contribution in [2.24, 2.45) is 0 Å². The number of likely N-dealkylation sites (N-methyl/N-ethyl adjacent to an activating group) is 1. The van der Waals surface area contributed by atoms with Crippen molar-refractivity contribution in [1.29, 1.82) is 0 Å². The Bertz CT molecular complexity index is 734. The lowest BCUT2D eigenvalue weighted by Gasteiger charge is -2.28. The lowest BCUT2D eigenvalue weighted by molar-refractivity contribution is -0.135. The fourth-order valence-electron chi connectivity index (χ4n) is 3.20. The van der Waals surface area contributed by atoms with Gasteiger partial charge in [-0.05, 0) is 37.5 Å². The molecule has 1 fully saturated rings. The molecule has 3 rings (SSSR count). The van der Waals surface area contributed by atoms with Crippen LogP contribution >= 0.6 is 0 Å². The maximum Gasteiger partial charge on any atom is 0.241 e. The van der Waals surface area contributed by atoms with E-state index in [1.165, 1.54) is 4.31 Å². The number of hydrogen-bond donors (Lipinski definition) is 0. The first-order valence-corrected chi connectivity index (χ1v) is 9.89. The Labute approximate surface area is 142 Å². The van der Waals surface area contributed by atoms with Crippen molar-refractivity contribution in [3.8, 4) is 11.5 Å². The average molecular weight is 354 g/mol. The molecule has 1 aromatic carbocycles. The number of sulfonamides is 1. The third-order valence-corrected chi connectivity index (χ3v) is 5.71. The second-order valence-corrected chi connectivity index (χ2v) is 8.01. The summed E-state index contributed by atoms with van der Waals surface area (Å²) in [5.74, 6) is 1.24. The Balaban J connectivity index is 1.75. The number of carbonyl (C=O) groups excluding carboxylic acids is 1. The molecule has 2 aliphatic rings. The summed E-state index contributed by atoms with van der Waals surface area (Å²) in [5, 5.41) is 0. The molecule has 0 aliphatic carbocycles.